The van der Waals surface area contributed by atoms with Crippen LogP contribution in [0.5, 0.6) is 5.75 Å². The molecule has 0 bridgehead atoms. The number of pyridine rings is 1. The molecule has 0 radical (unpaired) electrons. The van der Waals surface area contributed by atoms with Gasteiger partial charge in [-0.05, 0) is 42.2 Å². The van der Waals surface area contributed by atoms with Gasteiger partial charge in [-0.2, -0.15) is 0 Å². The van der Waals surface area contributed by atoms with E-state index in [2.05, 4.69) is 62.2 Å². The first-order valence-electron chi connectivity index (χ1n) is 8.92. The van der Waals surface area contributed by atoms with Crippen LogP contribution in [0.4, 0.5) is 0 Å². The summed E-state index contributed by atoms with van der Waals surface area (Å²) < 4.78 is 5.81. The standard InChI is InChI=1S/C21H29NO/c1-4-6-7-8-15-23-20-12-10-19(11-13-20)17(3)21-14-9-18(5-2)16-22-21/h9-14,16-17H,4-8,15H2,1-3H3. The second-order valence-electron chi connectivity index (χ2n) is 6.14. The Morgan fingerprint density at radius 3 is 2.35 bits per heavy atom. The highest BCUT2D eigenvalue weighted by molar-refractivity contribution is 5.33. The van der Waals surface area contributed by atoms with Gasteiger partial charge in [0.1, 0.15) is 5.75 Å². The Labute approximate surface area is 140 Å². The monoisotopic (exact) mass is 311 g/mol. The molecule has 2 rings (SSSR count). The zero-order valence-electron chi connectivity index (χ0n) is 14.7. The van der Waals surface area contributed by atoms with Gasteiger partial charge < -0.3 is 4.74 Å². The predicted octanol–water partition coefficient (Wildman–Crippen LogP) is 5.75. The number of unbranched alkanes of at least 4 members (excludes halogenated alkanes) is 3. The average molecular weight is 311 g/mol. The molecule has 2 aromatic rings. The molecule has 0 aliphatic rings. The Kier molecular flexibility index (Phi) is 7.12. The molecular formula is C21H29NO. The highest BCUT2D eigenvalue weighted by atomic mass is 16.5. The lowest BCUT2D eigenvalue weighted by Gasteiger charge is -2.13. The van der Waals surface area contributed by atoms with Crippen LogP contribution < -0.4 is 4.74 Å². The summed E-state index contributed by atoms with van der Waals surface area (Å²) in [5, 5.41) is 0. The molecule has 1 unspecified atom stereocenters. The highest BCUT2D eigenvalue weighted by Crippen LogP contribution is 2.24. The molecule has 23 heavy (non-hydrogen) atoms. The summed E-state index contributed by atoms with van der Waals surface area (Å²) in [6, 6.07) is 12.8. The van der Waals surface area contributed by atoms with Crippen LogP contribution in [0.25, 0.3) is 0 Å². The minimum Gasteiger partial charge on any atom is -0.494 e. The van der Waals surface area contributed by atoms with Gasteiger partial charge in [0.2, 0.25) is 0 Å². The van der Waals surface area contributed by atoms with Crippen LogP contribution in [0, 0.1) is 0 Å². The van der Waals surface area contributed by atoms with Crippen molar-refractivity contribution in [2.75, 3.05) is 6.61 Å². The molecule has 1 heterocycles. The molecule has 124 valence electrons. The summed E-state index contributed by atoms with van der Waals surface area (Å²) in [4.78, 5) is 4.60. The molecule has 0 aliphatic heterocycles. The molecule has 0 spiro atoms. The molecule has 0 aliphatic carbocycles. The van der Waals surface area contributed by atoms with Crippen LogP contribution in [0.1, 0.15) is 69.2 Å². The minimum atomic E-state index is 0.305. The number of ether oxygens (including phenoxy) is 1. The van der Waals surface area contributed by atoms with Gasteiger partial charge in [0.05, 0.1) is 6.61 Å². The van der Waals surface area contributed by atoms with E-state index >= 15 is 0 Å². The van der Waals surface area contributed by atoms with Gasteiger partial charge in [-0.1, -0.05) is 58.2 Å². The third-order valence-electron chi connectivity index (χ3n) is 4.35. The SMILES string of the molecule is CCCCCCOc1ccc(C(C)c2ccc(CC)cn2)cc1. The molecule has 0 N–H and O–H groups in total. The lowest BCUT2D eigenvalue weighted by molar-refractivity contribution is 0.305. The highest BCUT2D eigenvalue weighted by Gasteiger charge is 2.10. The van der Waals surface area contributed by atoms with E-state index in [-0.39, 0.29) is 0 Å². The Morgan fingerprint density at radius 1 is 0.957 bits per heavy atom. The van der Waals surface area contributed by atoms with Gasteiger partial charge in [-0.3, -0.25) is 4.98 Å². The van der Waals surface area contributed by atoms with Crippen molar-refractivity contribution in [3.8, 4) is 5.75 Å². The fourth-order valence-electron chi connectivity index (χ4n) is 2.64. The topological polar surface area (TPSA) is 22.1 Å². The summed E-state index contributed by atoms with van der Waals surface area (Å²) in [6.07, 6.45) is 7.97. The lowest BCUT2D eigenvalue weighted by Crippen LogP contribution is -2.01. The Morgan fingerprint density at radius 2 is 1.74 bits per heavy atom. The predicted molar refractivity (Wildman–Crippen MR) is 97.2 cm³/mol. The maximum Gasteiger partial charge on any atom is 0.119 e. The molecular weight excluding hydrogens is 282 g/mol. The smallest absolute Gasteiger partial charge is 0.119 e. The van der Waals surface area contributed by atoms with E-state index in [0.717, 1.165) is 30.9 Å². The van der Waals surface area contributed by atoms with E-state index in [0.29, 0.717) is 5.92 Å². The fourth-order valence-corrected chi connectivity index (χ4v) is 2.64. The molecule has 0 fully saturated rings. The van der Waals surface area contributed by atoms with Crippen molar-refractivity contribution >= 4 is 0 Å². The molecule has 0 amide bonds. The summed E-state index contributed by atoms with van der Waals surface area (Å²) in [5.74, 6) is 1.27. The Bertz CT molecular complexity index is 559. The molecule has 2 heteroatoms. The van der Waals surface area contributed by atoms with Crippen molar-refractivity contribution in [3.05, 3.63) is 59.4 Å². The number of nitrogens with zero attached hydrogens (tertiary/aromatic N) is 1. The van der Waals surface area contributed by atoms with E-state index < -0.39 is 0 Å². The zero-order valence-corrected chi connectivity index (χ0v) is 14.7. The molecule has 0 saturated heterocycles. The number of aromatic nitrogens is 1. The van der Waals surface area contributed by atoms with Gasteiger partial charge in [0.15, 0.2) is 0 Å². The summed E-state index contributed by atoms with van der Waals surface area (Å²) >= 11 is 0. The van der Waals surface area contributed by atoms with Crippen molar-refractivity contribution in [1.82, 2.24) is 4.98 Å². The van der Waals surface area contributed by atoms with Crippen molar-refractivity contribution in [2.45, 2.75) is 58.8 Å². The molecule has 1 aromatic heterocycles. The fraction of sp³-hybridized carbons (Fsp3) is 0.476. The summed E-state index contributed by atoms with van der Waals surface area (Å²) in [5.41, 5.74) is 3.68. The normalized spacial score (nSPS) is 12.1. The number of hydrogen-bond acceptors (Lipinski definition) is 2. The van der Waals surface area contributed by atoms with Crippen LogP contribution in [-0.4, -0.2) is 11.6 Å². The van der Waals surface area contributed by atoms with Crippen molar-refractivity contribution < 1.29 is 4.74 Å². The summed E-state index contributed by atoms with van der Waals surface area (Å²) in [6.45, 7) is 7.40. The van der Waals surface area contributed by atoms with Gasteiger partial charge in [-0.25, -0.2) is 0 Å². The van der Waals surface area contributed by atoms with E-state index in [1.165, 1.54) is 30.4 Å². The van der Waals surface area contributed by atoms with E-state index in [4.69, 9.17) is 4.74 Å². The quantitative estimate of drug-likeness (QED) is 0.550. The van der Waals surface area contributed by atoms with Crippen LogP contribution >= 0.6 is 0 Å². The first-order valence-corrected chi connectivity index (χ1v) is 8.92. The van der Waals surface area contributed by atoms with Crippen LogP contribution in [0.15, 0.2) is 42.6 Å². The second-order valence-corrected chi connectivity index (χ2v) is 6.14. The number of rotatable bonds is 9. The van der Waals surface area contributed by atoms with Gasteiger partial charge in [-0.15, -0.1) is 0 Å². The number of benzene rings is 1. The van der Waals surface area contributed by atoms with E-state index in [1.807, 2.05) is 6.20 Å². The zero-order chi connectivity index (χ0) is 16.5. The Balaban J connectivity index is 1.90. The van der Waals surface area contributed by atoms with Crippen LogP contribution in [0.3, 0.4) is 0 Å². The van der Waals surface area contributed by atoms with Gasteiger partial charge >= 0.3 is 0 Å². The van der Waals surface area contributed by atoms with E-state index in [1.54, 1.807) is 0 Å². The molecule has 2 nitrogen and oxygen atoms in total. The average Bonchev–Trinajstić information content (AvgIpc) is 2.61. The van der Waals surface area contributed by atoms with Crippen LogP contribution in [-0.2, 0) is 6.42 Å². The second kappa shape index (κ2) is 9.34. The molecule has 1 aromatic carbocycles. The lowest BCUT2D eigenvalue weighted by atomic mass is 9.97. The minimum absolute atomic E-state index is 0.305. The van der Waals surface area contributed by atoms with Crippen LogP contribution in [0.2, 0.25) is 0 Å². The molecule has 0 saturated carbocycles. The van der Waals surface area contributed by atoms with Gasteiger partial charge in [0, 0.05) is 17.8 Å². The third-order valence-corrected chi connectivity index (χ3v) is 4.35. The Hall–Kier alpha value is -1.83. The van der Waals surface area contributed by atoms with Crippen molar-refractivity contribution in [2.24, 2.45) is 0 Å². The van der Waals surface area contributed by atoms with Crippen molar-refractivity contribution in [1.29, 1.82) is 0 Å². The maximum atomic E-state index is 5.81. The largest absolute Gasteiger partial charge is 0.494 e. The first-order chi connectivity index (χ1) is 11.2. The molecule has 1 atom stereocenters. The number of hydrogen-bond donors (Lipinski definition) is 0. The van der Waals surface area contributed by atoms with Crippen molar-refractivity contribution in [3.63, 3.8) is 0 Å². The maximum absolute atomic E-state index is 5.81. The van der Waals surface area contributed by atoms with Gasteiger partial charge in [0.25, 0.3) is 0 Å². The third kappa shape index (κ3) is 5.38. The number of aryl methyl sites for hydroxylation is 1. The first kappa shape index (κ1) is 17.5. The van der Waals surface area contributed by atoms with E-state index in [9.17, 15) is 0 Å². The summed E-state index contributed by atoms with van der Waals surface area (Å²) in [7, 11) is 0.